The number of hydrogen-bond donors (Lipinski definition) is 3. The fourth-order valence-electron chi connectivity index (χ4n) is 10.1. The molecule has 328 valence electrons. The zero-order valence-electron chi connectivity index (χ0n) is 38.8. The predicted octanol–water partition coefficient (Wildman–Crippen LogP) is 7.99. The summed E-state index contributed by atoms with van der Waals surface area (Å²) >= 11 is 0. The Morgan fingerprint density at radius 3 is 0.982 bits per heavy atom. The molecule has 56 heavy (non-hydrogen) atoms. The highest BCUT2D eigenvalue weighted by atomic mass is 16.7. The lowest BCUT2D eigenvalue weighted by Gasteiger charge is -2.53. The van der Waals surface area contributed by atoms with E-state index in [0.29, 0.717) is 24.5 Å². The van der Waals surface area contributed by atoms with Gasteiger partial charge in [-0.2, -0.15) is 0 Å². The number of nitrogens with one attached hydrogen (secondary N) is 3. The van der Waals surface area contributed by atoms with Gasteiger partial charge in [-0.1, -0.05) is 33.1 Å². The third-order valence-corrected chi connectivity index (χ3v) is 11.6. The minimum atomic E-state index is -0.252. The summed E-state index contributed by atoms with van der Waals surface area (Å²) in [5.74, 6) is -0.655. The minimum Gasteiger partial charge on any atom is -0.367 e. The first-order valence-corrected chi connectivity index (χ1v) is 21.9. The van der Waals surface area contributed by atoms with Crippen LogP contribution in [0.1, 0.15) is 194 Å². The molecule has 0 aromatic heterocycles. The van der Waals surface area contributed by atoms with Crippen LogP contribution in [-0.4, -0.2) is 104 Å². The average Bonchev–Trinajstić information content (AvgIpc) is 3.03. The number of hydrogen-bond acceptors (Lipinski definition) is 12. The molecule has 0 atom stereocenters. The standard InChI is InChI=1S/C29H56N4O4.C15H30N2O2/c1-11-25(35)37-33-28(7,8)20-24(21-29(33,9)10)31-17-15-13-12-14-16-30-23-18-26(3,4)32(36-22(2)34)27(5,6)19-23;1-7-8-9-16-13-10-14(3,4)17(19-12(2)18)15(5,6)11-13/h23-24,30-31H,11-21H2,1-10H3;13,16H,7-11H2,1-6H3. The Bertz CT molecular complexity index is 1200. The van der Waals surface area contributed by atoms with Crippen molar-refractivity contribution < 1.29 is 28.9 Å². The minimum absolute atomic E-state index is 0.142. The average molecular weight is 795 g/mol. The molecule has 0 bridgehead atoms. The molecule has 0 spiro atoms. The van der Waals surface area contributed by atoms with E-state index in [2.05, 4.69) is 106 Å². The number of carbonyl (C=O) groups excluding carboxylic acids is 3. The normalized spacial score (nSPS) is 23.8. The van der Waals surface area contributed by atoms with Crippen LogP contribution in [0.25, 0.3) is 0 Å². The maximum absolute atomic E-state index is 11.9. The van der Waals surface area contributed by atoms with Gasteiger partial charge in [0, 0.05) is 38.4 Å². The number of nitrogens with zero attached hydrogens (tertiary/aromatic N) is 3. The monoisotopic (exact) mass is 795 g/mol. The molecule has 3 aliphatic heterocycles. The topological polar surface area (TPSA) is 125 Å². The highest BCUT2D eigenvalue weighted by molar-refractivity contribution is 5.68. The Labute approximate surface area is 342 Å². The predicted molar refractivity (Wildman–Crippen MR) is 226 cm³/mol. The molecule has 0 aromatic rings. The lowest BCUT2D eigenvalue weighted by molar-refractivity contribution is -0.268. The van der Waals surface area contributed by atoms with Crippen LogP contribution in [0.4, 0.5) is 0 Å². The van der Waals surface area contributed by atoms with Gasteiger partial charge in [0.2, 0.25) is 0 Å². The van der Waals surface area contributed by atoms with Crippen molar-refractivity contribution in [3.63, 3.8) is 0 Å². The van der Waals surface area contributed by atoms with Gasteiger partial charge in [0.15, 0.2) is 0 Å². The van der Waals surface area contributed by atoms with Gasteiger partial charge in [0.25, 0.3) is 0 Å². The van der Waals surface area contributed by atoms with Crippen molar-refractivity contribution in [2.24, 2.45) is 0 Å². The summed E-state index contributed by atoms with van der Waals surface area (Å²) in [6, 6.07) is 1.34. The molecule has 0 amide bonds. The molecule has 3 saturated heterocycles. The summed E-state index contributed by atoms with van der Waals surface area (Å²) in [5.41, 5.74) is -1.09. The molecule has 0 saturated carbocycles. The molecule has 3 rings (SSSR count). The molecule has 12 heteroatoms. The van der Waals surface area contributed by atoms with E-state index in [0.717, 1.165) is 58.2 Å². The second kappa shape index (κ2) is 20.9. The molecule has 12 nitrogen and oxygen atoms in total. The Morgan fingerprint density at radius 1 is 0.464 bits per heavy atom. The fourth-order valence-corrected chi connectivity index (χ4v) is 10.1. The van der Waals surface area contributed by atoms with Gasteiger partial charge in [-0.3, -0.25) is 14.4 Å². The zero-order chi connectivity index (χ0) is 42.8. The van der Waals surface area contributed by atoms with E-state index in [4.69, 9.17) is 14.5 Å². The number of unbranched alkanes of at least 4 members (excludes halogenated alkanes) is 4. The highest BCUT2D eigenvalue weighted by Gasteiger charge is 2.50. The number of hydroxylamine groups is 6. The smallest absolute Gasteiger partial charge is 0.324 e. The van der Waals surface area contributed by atoms with E-state index in [1.807, 2.05) is 22.1 Å². The van der Waals surface area contributed by atoms with Crippen LogP contribution >= 0.6 is 0 Å². The van der Waals surface area contributed by atoms with Crippen LogP contribution in [0.5, 0.6) is 0 Å². The zero-order valence-corrected chi connectivity index (χ0v) is 38.8. The summed E-state index contributed by atoms with van der Waals surface area (Å²) in [5, 5.41) is 16.9. The molecule has 0 aliphatic carbocycles. The molecule has 3 N–H and O–H groups in total. The number of rotatable bonds is 17. The number of piperidine rings is 3. The van der Waals surface area contributed by atoms with Crippen LogP contribution < -0.4 is 16.0 Å². The van der Waals surface area contributed by atoms with E-state index in [-0.39, 0.29) is 51.1 Å². The summed E-state index contributed by atoms with van der Waals surface area (Å²) in [4.78, 5) is 51.6. The van der Waals surface area contributed by atoms with E-state index in [1.54, 1.807) is 0 Å². The van der Waals surface area contributed by atoms with Crippen LogP contribution in [-0.2, 0) is 28.9 Å². The Kier molecular flexibility index (Phi) is 18.8. The summed E-state index contributed by atoms with van der Waals surface area (Å²) in [6.45, 7) is 36.0. The van der Waals surface area contributed by atoms with Crippen molar-refractivity contribution in [1.29, 1.82) is 0 Å². The van der Waals surface area contributed by atoms with Crippen molar-refractivity contribution in [2.45, 2.75) is 246 Å². The highest BCUT2D eigenvalue weighted by Crippen LogP contribution is 2.41. The van der Waals surface area contributed by atoms with Gasteiger partial charge in [-0.05, 0) is 161 Å². The van der Waals surface area contributed by atoms with Gasteiger partial charge < -0.3 is 30.5 Å². The van der Waals surface area contributed by atoms with Gasteiger partial charge in [0.05, 0.1) is 33.2 Å². The van der Waals surface area contributed by atoms with Crippen molar-refractivity contribution in [2.75, 3.05) is 19.6 Å². The lowest BCUT2D eigenvalue weighted by Crippen LogP contribution is -2.64. The molecule has 0 aromatic carbocycles. The van der Waals surface area contributed by atoms with Crippen molar-refractivity contribution in [3.05, 3.63) is 0 Å². The van der Waals surface area contributed by atoms with Gasteiger partial charge in [-0.25, -0.2) is 0 Å². The quantitative estimate of drug-likeness (QED) is 0.124. The third-order valence-electron chi connectivity index (χ3n) is 11.6. The SMILES string of the molecule is CCC(=O)ON1C(C)(C)CC(NCCCCCCNC2CC(C)(C)N(OC(C)=O)C(C)(C)C2)CC1(C)C.CCCCNC1CC(C)(C)N(OC(C)=O)C(C)(C)C1. The van der Waals surface area contributed by atoms with Gasteiger partial charge in [-0.15, -0.1) is 15.2 Å². The van der Waals surface area contributed by atoms with Crippen LogP contribution in [0, 0.1) is 0 Å². The van der Waals surface area contributed by atoms with Crippen LogP contribution in [0.15, 0.2) is 0 Å². The second-order valence-electron chi connectivity index (χ2n) is 20.7. The van der Waals surface area contributed by atoms with Gasteiger partial charge in [0.1, 0.15) is 0 Å². The molecule has 3 aliphatic rings. The van der Waals surface area contributed by atoms with E-state index in [9.17, 15) is 14.4 Å². The van der Waals surface area contributed by atoms with Gasteiger partial charge >= 0.3 is 17.9 Å². The molecule has 3 fully saturated rings. The van der Waals surface area contributed by atoms with Crippen molar-refractivity contribution in [1.82, 2.24) is 31.1 Å². The number of carbonyl (C=O) groups is 3. The molecular formula is C44H86N6O6. The maximum atomic E-state index is 11.9. The van der Waals surface area contributed by atoms with E-state index >= 15 is 0 Å². The summed E-state index contributed by atoms with van der Waals surface area (Å²) in [7, 11) is 0. The largest absolute Gasteiger partial charge is 0.367 e. The van der Waals surface area contributed by atoms with E-state index < -0.39 is 0 Å². The Morgan fingerprint density at radius 2 is 0.732 bits per heavy atom. The second-order valence-corrected chi connectivity index (χ2v) is 20.7. The molecule has 0 unspecified atom stereocenters. The molecule has 3 heterocycles. The van der Waals surface area contributed by atoms with Crippen molar-refractivity contribution in [3.8, 4) is 0 Å². The first kappa shape index (κ1) is 50.3. The lowest BCUT2D eigenvalue weighted by atomic mass is 9.79. The maximum Gasteiger partial charge on any atom is 0.324 e. The van der Waals surface area contributed by atoms with Crippen LogP contribution in [0.2, 0.25) is 0 Å². The summed E-state index contributed by atoms with van der Waals surface area (Å²) < 4.78 is 0. The van der Waals surface area contributed by atoms with Crippen LogP contribution in [0.3, 0.4) is 0 Å². The molecule has 0 radical (unpaired) electrons. The fraction of sp³-hybridized carbons (Fsp3) is 0.932. The third kappa shape index (κ3) is 15.4. The Balaban J connectivity index is 0.000000478. The first-order chi connectivity index (χ1) is 25.7. The van der Waals surface area contributed by atoms with E-state index in [1.165, 1.54) is 52.4 Å². The first-order valence-electron chi connectivity index (χ1n) is 21.9. The Hall–Kier alpha value is -1.83. The molecular weight excluding hydrogens is 709 g/mol. The summed E-state index contributed by atoms with van der Waals surface area (Å²) in [6.07, 6.45) is 13.4. The van der Waals surface area contributed by atoms with Crippen molar-refractivity contribution >= 4 is 17.9 Å².